The third-order valence-corrected chi connectivity index (χ3v) is 3.89. The van der Waals surface area contributed by atoms with Crippen molar-refractivity contribution in [1.82, 2.24) is 4.90 Å². The number of β-amino-alcohol motifs (C(OH)–C–C–N with tert-alkyl or cyclic N) is 1. The highest BCUT2D eigenvalue weighted by molar-refractivity contribution is 5.76. The number of methoxy groups -OCH3 is 2. The molecule has 6 heteroatoms. The first-order chi connectivity index (χ1) is 10.5. The highest BCUT2D eigenvalue weighted by Crippen LogP contribution is 2.28. The minimum absolute atomic E-state index is 0.0176. The fraction of sp³-hybridized carbons (Fsp3) is 0.562. The number of hydrogen-bond acceptors (Lipinski definition) is 5. The van der Waals surface area contributed by atoms with Gasteiger partial charge in [0.25, 0.3) is 0 Å². The predicted octanol–water partition coefficient (Wildman–Crippen LogP) is 0.557. The van der Waals surface area contributed by atoms with E-state index in [0.29, 0.717) is 43.9 Å². The van der Waals surface area contributed by atoms with Crippen LogP contribution in [0, 0.1) is 0 Å². The van der Waals surface area contributed by atoms with E-state index in [1.54, 1.807) is 19.1 Å². The molecule has 122 valence electrons. The van der Waals surface area contributed by atoms with Crippen LogP contribution in [0.5, 0.6) is 11.5 Å². The van der Waals surface area contributed by atoms with Crippen LogP contribution in [0.3, 0.4) is 0 Å². The smallest absolute Gasteiger partial charge is 0.223 e. The normalized spacial score (nSPS) is 21.5. The second-order valence-corrected chi connectivity index (χ2v) is 5.64. The van der Waals surface area contributed by atoms with Crippen molar-refractivity contribution in [2.45, 2.75) is 31.4 Å². The van der Waals surface area contributed by atoms with Gasteiger partial charge in [0, 0.05) is 25.6 Å². The number of nitrogens with two attached hydrogens (primary N) is 1. The van der Waals surface area contributed by atoms with Crippen LogP contribution in [0.25, 0.3) is 0 Å². The van der Waals surface area contributed by atoms with E-state index < -0.39 is 6.10 Å². The topological polar surface area (TPSA) is 85.0 Å². The summed E-state index contributed by atoms with van der Waals surface area (Å²) in [7, 11) is 3.18. The van der Waals surface area contributed by atoms with E-state index in [0.717, 1.165) is 5.56 Å². The Morgan fingerprint density at radius 1 is 1.32 bits per heavy atom. The van der Waals surface area contributed by atoms with Crippen LogP contribution in [-0.2, 0) is 11.2 Å². The van der Waals surface area contributed by atoms with Gasteiger partial charge in [-0.25, -0.2) is 0 Å². The molecule has 1 aromatic carbocycles. The van der Waals surface area contributed by atoms with Crippen LogP contribution in [0.4, 0.5) is 0 Å². The molecule has 22 heavy (non-hydrogen) atoms. The second-order valence-electron chi connectivity index (χ2n) is 5.64. The summed E-state index contributed by atoms with van der Waals surface area (Å²) in [5.74, 6) is 1.34. The zero-order valence-electron chi connectivity index (χ0n) is 13.1. The zero-order valence-corrected chi connectivity index (χ0v) is 13.1. The number of benzene rings is 1. The number of amides is 1. The average molecular weight is 308 g/mol. The summed E-state index contributed by atoms with van der Waals surface area (Å²) in [4.78, 5) is 13.9. The monoisotopic (exact) mass is 308 g/mol. The first kappa shape index (κ1) is 16.6. The van der Waals surface area contributed by atoms with Gasteiger partial charge in [0.1, 0.15) is 0 Å². The van der Waals surface area contributed by atoms with Gasteiger partial charge in [0.05, 0.1) is 20.3 Å². The van der Waals surface area contributed by atoms with Crippen LogP contribution in [0.15, 0.2) is 18.2 Å². The number of aliphatic hydroxyl groups excluding tert-OH is 1. The number of aliphatic hydroxyl groups is 1. The molecule has 6 nitrogen and oxygen atoms in total. The number of likely N-dealkylation sites (tertiary alicyclic amines) is 1. The number of ether oxygens (including phenoxy) is 2. The first-order valence-corrected chi connectivity index (χ1v) is 7.45. The van der Waals surface area contributed by atoms with Crippen LogP contribution in [0.2, 0.25) is 0 Å². The number of rotatable bonds is 5. The maximum absolute atomic E-state index is 12.2. The summed E-state index contributed by atoms with van der Waals surface area (Å²) < 4.78 is 10.5. The lowest BCUT2D eigenvalue weighted by molar-refractivity contribution is -0.134. The van der Waals surface area contributed by atoms with Crippen molar-refractivity contribution in [1.29, 1.82) is 0 Å². The van der Waals surface area contributed by atoms with Crippen molar-refractivity contribution in [3.63, 3.8) is 0 Å². The van der Waals surface area contributed by atoms with Gasteiger partial charge in [-0.1, -0.05) is 6.07 Å². The van der Waals surface area contributed by atoms with Gasteiger partial charge < -0.3 is 25.2 Å². The minimum Gasteiger partial charge on any atom is -0.493 e. The molecule has 1 saturated heterocycles. The SMILES string of the molecule is COc1ccc(CCC(=O)N2C[C@@H](N)C[C@@H](O)C2)cc1OC. The van der Waals surface area contributed by atoms with Crippen molar-refractivity contribution in [3.05, 3.63) is 23.8 Å². The largest absolute Gasteiger partial charge is 0.493 e. The van der Waals surface area contributed by atoms with E-state index in [1.165, 1.54) is 0 Å². The van der Waals surface area contributed by atoms with Gasteiger partial charge in [-0.3, -0.25) is 4.79 Å². The summed E-state index contributed by atoms with van der Waals surface area (Å²) in [5.41, 5.74) is 6.85. The van der Waals surface area contributed by atoms with Crippen LogP contribution in [-0.4, -0.2) is 55.4 Å². The Morgan fingerprint density at radius 2 is 2.05 bits per heavy atom. The molecule has 1 aliphatic heterocycles. The molecule has 1 fully saturated rings. The van der Waals surface area contributed by atoms with Gasteiger partial charge >= 0.3 is 0 Å². The van der Waals surface area contributed by atoms with Gasteiger partial charge in [-0.2, -0.15) is 0 Å². The molecule has 0 bridgehead atoms. The number of piperidine rings is 1. The lowest BCUT2D eigenvalue weighted by Crippen LogP contribution is -2.51. The van der Waals surface area contributed by atoms with Crippen molar-refractivity contribution in [2.75, 3.05) is 27.3 Å². The van der Waals surface area contributed by atoms with E-state index in [1.807, 2.05) is 18.2 Å². The molecule has 0 saturated carbocycles. The van der Waals surface area contributed by atoms with E-state index in [4.69, 9.17) is 15.2 Å². The van der Waals surface area contributed by atoms with E-state index in [9.17, 15) is 9.90 Å². The van der Waals surface area contributed by atoms with Gasteiger partial charge in [-0.05, 0) is 30.5 Å². The molecule has 0 radical (unpaired) electrons. The average Bonchev–Trinajstić information content (AvgIpc) is 2.51. The summed E-state index contributed by atoms with van der Waals surface area (Å²) >= 11 is 0. The fourth-order valence-corrected chi connectivity index (χ4v) is 2.76. The summed E-state index contributed by atoms with van der Waals surface area (Å²) in [5, 5.41) is 9.71. The minimum atomic E-state index is -0.520. The second kappa shape index (κ2) is 7.47. The summed E-state index contributed by atoms with van der Waals surface area (Å²) in [6.45, 7) is 0.889. The first-order valence-electron chi connectivity index (χ1n) is 7.45. The summed E-state index contributed by atoms with van der Waals surface area (Å²) in [6, 6.07) is 5.49. The molecule has 1 heterocycles. The maximum atomic E-state index is 12.2. The Hall–Kier alpha value is -1.79. The molecule has 0 aromatic heterocycles. The van der Waals surface area contributed by atoms with Crippen LogP contribution < -0.4 is 15.2 Å². The number of nitrogens with zero attached hydrogens (tertiary/aromatic N) is 1. The number of carbonyl (C=O) groups excluding carboxylic acids is 1. The molecule has 3 N–H and O–H groups in total. The molecular formula is C16H24N2O4. The predicted molar refractivity (Wildman–Crippen MR) is 83.0 cm³/mol. The van der Waals surface area contributed by atoms with Gasteiger partial charge in [0.2, 0.25) is 5.91 Å². The lowest BCUT2D eigenvalue weighted by atomic mass is 10.0. The van der Waals surface area contributed by atoms with E-state index in [2.05, 4.69) is 0 Å². The van der Waals surface area contributed by atoms with Crippen LogP contribution in [0.1, 0.15) is 18.4 Å². The molecule has 0 spiro atoms. The Morgan fingerprint density at radius 3 is 2.68 bits per heavy atom. The van der Waals surface area contributed by atoms with E-state index in [-0.39, 0.29) is 11.9 Å². The number of hydrogen-bond donors (Lipinski definition) is 2. The molecule has 0 aliphatic carbocycles. The molecule has 1 aliphatic rings. The lowest BCUT2D eigenvalue weighted by Gasteiger charge is -2.34. The molecule has 2 rings (SSSR count). The Labute approximate surface area is 130 Å². The van der Waals surface area contributed by atoms with Gasteiger partial charge in [-0.15, -0.1) is 0 Å². The standard InChI is InChI=1S/C16H24N2O4/c1-21-14-5-3-11(7-15(14)22-2)4-6-16(20)18-9-12(17)8-13(19)10-18/h3,5,7,12-13,19H,4,6,8-10,17H2,1-2H3/t12-,13+/m0/s1. The highest BCUT2D eigenvalue weighted by Gasteiger charge is 2.26. The van der Waals surface area contributed by atoms with Crippen molar-refractivity contribution in [2.24, 2.45) is 5.73 Å². The third-order valence-electron chi connectivity index (χ3n) is 3.89. The third kappa shape index (κ3) is 4.11. The number of aryl methyl sites for hydroxylation is 1. The quantitative estimate of drug-likeness (QED) is 0.830. The van der Waals surface area contributed by atoms with Crippen molar-refractivity contribution < 1.29 is 19.4 Å². The molecule has 0 unspecified atom stereocenters. The maximum Gasteiger partial charge on any atom is 0.223 e. The van der Waals surface area contributed by atoms with Crippen molar-refractivity contribution >= 4 is 5.91 Å². The molecule has 2 atom stereocenters. The van der Waals surface area contributed by atoms with Crippen LogP contribution >= 0.6 is 0 Å². The number of carbonyl (C=O) groups is 1. The Bertz CT molecular complexity index is 511. The Kier molecular flexibility index (Phi) is 5.63. The highest BCUT2D eigenvalue weighted by atomic mass is 16.5. The molecule has 1 amide bonds. The molecule has 1 aromatic rings. The van der Waals surface area contributed by atoms with E-state index >= 15 is 0 Å². The molecular weight excluding hydrogens is 284 g/mol. The van der Waals surface area contributed by atoms with Gasteiger partial charge in [0.15, 0.2) is 11.5 Å². The summed E-state index contributed by atoms with van der Waals surface area (Å²) in [6.07, 6.45) is 1.03. The van der Waals surface area contributed by atoms with Crippen molar-refractivity contribution in [3.8, 4) is 11.5 Å². The zero-order chi connectivity index (χ0) is 16.1. The Balaban J connectivity index is 1.93. The fourth-order valence-electron chi connectivity index (χ4n) is 2.76.